The summed E-state index contributed by atoms with van der Waals surface area (Å²) in [4.78, 5) is 0. The summed E-state index contributed by atoms with van der Waals surface area (Å²) >= 11 is 0. The molecule has 3 saturated carbocycles. The van der Waals surface area contributed by atoms with E-state index in [-0.39, 0.29) is 17.2 Å². The lowest BCUT2D eigenvalue weighted by Crippen LogP contribution is -2.26. The third kappa shape index (κ3) is 4.57. The molecule has 0 bridgehead atoms. The van der Waals surface area contributed by atoms with Gasteiger partial charge in [-0.25, -0.2) is 8.78 Å². The van der Waals surface area contributed by atoms with Gasteiger partial charge in [-0.05, 0) is 99.2 Å². The first kappa shape index (κ1) is 19.4. The first-order chi connectivity index (χ1) is 13.1. The second-order valence-corrected chi connectivity index (χ2v) is 9.89. The number of halogens is 2. The van der Waals surface area contributed by atoms with Crippen molar-refractivity contribution in [3.8, 4) is 0 Å². The topological polar surface area (TPSA) is 0 Å². The molecular weight excluding hydrogens is 338 g/mol. The zero-order valence-corrected chi connectivity index (χ0v) is 17.0. The fourth-order valence-electron chi connectivity index (χ4n) is 6.44. The minimum Gasteiger partial charge on any atom is -0.207 e. The van der Waals surface area contributed by atoms with Crippen molar-refractivity contribution in [1.29, 1.82) is 0 Å². The quantitative estimate of drug-likeness (QED) is 0.502. The lowest BCUT2D eigenvalue weighted by molar-refractivity contribution is 0.149. The van der Waals surface area contributed by atoms with Crippen molar-refractivity contribution in [2.24, 2.45) is 23.7 Å². The highest BCUT2D eigenvalue weighted by molar-refractivity contribution is 5.28. The maximum atomic E-state index is 13.9. The van der Waals surface area contributed by atoms with E-state index in [0.29, 0.717) is 5.92 Å². The molecule has 0 spiro atoms. The molecule has 0 aromatic heterocycles. The second kappa shape index (κ2) is 8.62. The highest BCUT2D eigenvalue weighted by Gasteiger charge is 2.32. The van der Waals surface area contributed by atoms with Crippen molar-refractivity contribution < 1.29 is 8.78 Å². The third-order valence-corrected chi connectivity index (χ3v) is 8.25. The summed E-state index contributed by atoms with van der Waals surface area (Å²) in [7, 11) is 0. The predicted molar refractivity (Wildman–Crippen MR) is 108 cm³/mol. The maximum absolute atomic E-state index is 13.9. The van der Waals surface area contributed by atoms with E-state index in [4.69, 9.17) is 0 Å². The number of rotatable bonds is 4. The normalized spacial score (nSPS) is 32.7. The standard InChI is InChI=1S/C25H36F2/c1-17-24(26)15-23(16-25(17)27)22-12-10-21(11-13-22)20-8-6-19(7-9-20)14-18-4-2-3-5-18/h15-16,18-22H,2-14H2,1H3. The largest absolute Gasteiger partial charge is 0.207 e. The van der Waals surface area contributed by atoms with Crippen LogP contribution < -0.4 is 0 Å². The van der Waals surface area contributed by atoms with Crippen LogP contribution in [0, 0.1) is 42.2 Å². The Labute approximate surface area is 164 Å². The maximum Gasteiger partial charge on any atom is 0.129 e. The van der Waals surface area contributed by atoms with Crippen LogP contribution in [-0.4, -0.2) is 0 Å². The predicted octanol–water partition coefficient (Wildman–Crippen LogP) is 7.93. The van der Waals surface area contributed by atoms with Gasteiger partial charge in [-0.1, -0.05) is 38.5 Å². The number of hydrogen-bond acceptors (Lipinski definition) is 0. The number of hydrogen-bond donors (Lipinski definition) is 0. The van der Waals surface area contributed by atoms with Gasteiger partial charge in [0.05, 0.1) is 0 Å². The van der Waals surface area contributed by atoms with E-state index in [1.54, 1.807) is 12.1 Å². The van der Waals surface area contributed by atoms with Crippen LogP contribution in [0.5, 0.6) is 0 Å². The Bertz CT molecular complexity index is 592. The average molecular weight is 375 g/mol. The number of benzene rings is 1. The van der Waals surface area contributed by atoms with Crippen LogP contribution in [-0.2, 0) is 0 Å². The van der Waals surface area contributed by atoms with E-state index in [2.05, 4.69) is 0 Å². The molecule has 0 N–H and O–H groups in total. The van der Waals surface area contributed by atoms with Gasteiger partial charge in [0.15, 0.2) is 0 Å². The molecule has 1 aromatic rings. The molecule has 0 nitrogen and oxygen atoms in total. The molecule has 0 amide bonds. The van der Waals surface area contributed by atoms with Gasteiger partial charge in [0.25, 0.3) is 0 Å². The molecule has 0 saturated heterocycles. The Morgan fingerprint density at radius 1 is 0.704 bits per heavy atom. The van der Waals surface area contributed by atoms with Gasteiger partial charge in [-0.2, -0.15) is 0 Å². The summed E-state index contributed by atoms with van der Waals surface area (Å²) in [6, 6.07) is 3.16. The first-order valence-corrected chi connectivity index (χ1v) is 11.6. The van der Waals surface area contributed by atoms with Crippen LogP contribution in [0.15, 0.2) is 12.1 Å². The van der Waals surface area contributed by atoms with E-state index in [0.717, 1.165) is 42.1 Å². The summed E-state index contributed by atoms with van der Waals surface area (Å²) in [5, 5.41) is 0. The van der Waals surface area contributed by atoms with Gasteiger partial charge in [0.1, 0.15) is 11.6 Å². The Balaban J connectivity index is 1.25. The summed E-state index contributed by atoms with van der Waals surface area (Å²) in [5.41, 5.74) is 1.04. The van der Waals surface area contributed by atoms with Crippen molar-refractivity contribution >= 4 is 0 Å². The van der Waals surface area contributed by atoms with Crippen LogP contribution in [0.25, 0.3) is 0 Å². The molecule has 1 aromatic carbocycles. The van der Waals surface area contributed by atoms with Crippen LogP contribution in [0.1, 0.15) is 101 Å². The summed E-state index contributed by atoms with van der Waals surface area (Å²) < 4.78 is 27.8. The van der Waals surface area contributed by atoms with Crippen molar-refractivity contribution in [2.45, 2.75) is 96.3 Å². The summed E-state index contributed by atoms with van der Waals surface area (Å²) in [6.07, 6.45) is 17.9. The summed E-state index contributed by atoms with van der Waals surface area (Å²) in [5.74, 6) is 3.40. The Morgan fingerprint density at radius 2 is 1.19 bits per heavy atom. The van der Waals surface area contributed by atoms with E-state index >= 15 is 0 Å². The molecule has 4 rings (SSSR count). The second-order valence-electron chi connectivity index (χ2n) is 9.89. The molecule has 0 aliphatic heterocycles. The van der Waals surface area contributed by atoms with Crippen LogP contribution in [0.4, 0.5) is 8.78 Å². The zero-order chi connectivity index (χ0) is 18.8. The lowest BCUT2D eigenvalue weighted by atomic mass is 9.67. The van der Waals surface area contributed by atoms with Gasteiger partial charge in [0, 0.05) is 5.56 Å². The van der Waals surface area contributed by atoms with Crippen LogP contribution in [0.2, 0.25) is 0 Å². The molecule has 0 radical (unpaired) electrons. The Kier molecular flexibility index (Phi) is 6.19. The highest BCUT2D eigenvalue weighted by Crippen LogP contribution is 2.45. The monoisotopic (exact) mass is 374 g/mol. The molecule has 3 aliphatic rings. The first-order valence-electron chi connectivity index (χ1n) is 11.6. The average Bonchev–Trinajstić information content (AvgIpc) is 3.19. The fraction of sp³-hybridized carbons (Fsp3) is 0.760. The molecule has 2 heteroatoms. The van der Waals surface area contributed by atoms with E-state index < -0.39 is 0 Å². The van der Waals surface area contributed by atoms with Gasteiger partial charge in [-0.15, -0.1) is 0 Å². The van der Waals surface area contributed by atoms with Gasteiger partial charge in [-0.3, -0.25) is 0 Å². The van der Waals surface area contributed by atoms with Crippen molar-refractivity contribution in [2.75, 3.05) is 0 Å². The molecule has 0 atom stereocenters. The van der Waals surface area contributed by atoms with Crippen molar-refractivity contribution in [3.63, 3.8) is 0 Å². The van der Waals surface area contributed by atoms with Crippen LogP contribution in [0.3, 0.4) is 0 Å². The van der Waals surface area contributed by atoms with E-state index in [1.807, 2.05) is 0 Å². The van der Waals surface area contributed by atoms with E-state index in [9.17, 15) is 8.78 Å². The highest BCUT2D eigenvalue weighted by atomic mass is 19.1. The molecule has 3 fully saturated rings. The Morgan fingerprint density at radius 3 is 1.74 bits per heavy atom. The third-order valence-electron chi connectivity index (χ3n) is 8.25. The molecule has 27 heavy (non-hydrogen) atoms. The molecule has 150 valence electrons. The van der Waals surface area contributed by atoms with Crippen LogP contribution >= 0.6 is 0 Å². The lowest BCUT2D eigenvalue weighted by Gasteiger charge is -2.38. The van der Waals surface area contributed by atoms with Crippen molar-refractivity contribution in [1.82, 2.24) is 0 Å². The SMILES string of the molecule is Cc1c(F)cc(C2CCC(C3CCC(CC4CCCC4)CC3)CC2)cc1F. The molecule has 3 aliphatic carbocycles. The smallest absolute Gasteiger partial charge is 0.129 e. The minimum atomic E-state index is -0.382. The van der Waals surface area contributed by atoms with Gasteiger partial charge in [0.2, 0.25) is 0 Å². The molecule has 0 unspecified atom stereocenters. The molecule has 0 heterocycles. The van der Waals surface area contributed by atoms with Gasteiger partial charge < -0.3 is 0 Å². The van der Waals surface area contributed by atoms with Crippen molar-refractivity contribution in [3.05, 3.63) is 34.9 Å². The minimum absolute atomic E-state index is 0.154. The summed E-state index contributed by atoms with van der Waals surface area (Å²) in [6.45, 7) is 1.52. The zero-order valence-electron chi connectivity index (χ0n) is 17.0. The fourth-order valence-corrected chi connectivity index (χ4v) is 6.44. The Hall–Kier alpha value is -0.920. The molecular formula is C25H36F2. The van der Waals surface area contributed by atoms with Gasteiger partial charge >= 0.3 is 0 Å². The van der Waals surface area contributed by atoms with E-state index in [1.165, 1.54) is 77.6 Å².